The first-order chi connectivity index (χ1) is 16.6. The molecule has 0 aliphatic rings. The first-order valence-corrected chi connectivity index (χ1v) is 11.7. The first-order valence-electron chi connectivity index (χ1n) is 10.6. The fraction of sp³-hybridized carbons (Fsp3) is 0.115. The number of aromatic nitrogens is 1. The Kier molecular flexibility index (Phi) is 7.77. The molecule has 1 N–H and O–H groups in total. The number of nitrogens with one attached hydrogen (secondary N) is 1. The number of ether oxygens (including phenoxy) is 2. The smallest absolute Gasteiger partial charge is 0.274 e. The van der Waals surface area contributed by atoms with Crippen LogP contribution in [-0.4, -0.2) is 23.7 Å². The number of hydrazone groups is 1. The Hall–Kier alpha value is -3.42. The molecule has 0 spiro atoms. The molecular weight excluding hydrogens is 518 g/mol. The van der Waals surface area contributed by atoms with Crippen LogP contribution in [-0.2, 0) is 6.61 Å². The van der Waals surface area contributed by atoms with Crippen molar-refractivity contribution in [1.82, 2.24) is 10.4 Å². The summed E-state index contributed by atoms with van der Waals surface area (Å²) in [6.45, 7) is 2.75. The van der Waals surface area contributed by atoms with Crippen molar-refractivity contribution < 1.29 is 14.3 Å². The zero-order valence-corrected chi connectivity index (χ0v) is 20.6. The van der Waals surface area contributed by atoms with Gasteiger partial charge in [0.1, 0.15) is 11.8 Å². The maximum absolute atomic E-state index is 12.3. The van der Waals surface area contributed by atoms with E-state index in [4.69, 9.17) is 21.1 Å². The van der Waals surface area contributed by atoms with Crippen LogP contribution in [0.25, 0.3) is 10.8 Å². The summed E-state index contributed by atoms with van der Waals surface area (Å²) < 4.78 is 12.7. The Labute approximate surface area is 210 Å². The van der Waals surface area contributed by atoms with Gasteiger partial charge in [-0.2, -0.15) is 5.10 Å². The highest BCUT2D eigenvalue weighted by Gasteiger charge is 2.14. The molecule has 1 heterocycles. The number of pyridine rings is 1. The van der Waals surface area contributed by atoms with E-state index in [1.54, 1.807) is 18.2 Å². The minimum atomic E-state index is -0.450. The van der Waals surface area contributed by atoms with Gasteiger partial charge < -0.3 is 9.47 Å². The molecule has 0 atom stereocenters. The maximum Gasteiger partial charge on any atom is 0.274 e. The van der Waals surface area contributed by atoms with Crippen molar-refractivity contribution >= 4 is 50.4 Å². The normalized spacial score (nSPS) is 11.0. The summed E-state index contributed by atoms with van der Waals surface area (Å²) in [5.41, 5.74) is 4.49. The van der Waals surface area contributed by atoms with E-state index in [1.165, 1.54) is 12.4 Å². The fourth-order valence-corrected chi connectivity index (χ4v) is 4.19. The van der Waals surface area contributed by atoms with Crippen LogP contribution >= 0.6 is 27.5 Å². The Balaban J connectivity index is 1.51. The monoisotopic (exact) mass is 537 g/mol. The van der Waals surface area contributed by atoms with E-state index in [0.717, 1.165) is 16.3 Å². The molecule has 0 aliphatic heterocycles. The van der Waals surface area contributed by atoms with Crippen LogP contribution in [0.4, 0.5) is 0 Å². The van der Waals surface area contributed by atoms with Gasteiger partial charge in [-0.05, 0) is 69.0 Å². The third-order valence-corrected chi connectivity index (χ3v) is 5.86. The topological polar surface area (TPSA) is 72.8 Å². The van der Waals surface area contributed by atoms with E-state index < -0.39 is 5.91 Å². The van der Waals surface area contributed by atoms with Crippen molar-refractivity contribution in [3.63, 3.8) is 0 Å². The van der Waals surface area contributed by atoms with Crippen LogP contribution < -0.4 is 14.9 Å². The van der Waals surface area contributed by atoms with Crippen molar-refractivity contribution in [2.75, 3.05) is 6.61 Å². The van der Waals surface area contributed by atoms with Crippen LogP contribution in [0.15, 0.2) is 82.5 Å². The molecule has 0 radical (unpaired) electrons. The summed E-state index contributed by atoms with van der Waals surface area (Å²) >= 11 is 9.53. The second-order valence-corrected chi connectivity index (χ2v) is 8.44. The van der Waals surface area contributed by atoms with Crippen molar-refractivity contribution in [3.8, 4) is 11.5 Å². The molecule has 0 unspecified atom stereocenters. The number of carbonyl (C=O) groups excluding carboxylic acids is 1. The Bertz CT molecular complexity index is 1360. The van der Waals surface area contributed by atoms with Gasteiger partial charge in [0.15, 0.2) is 11.5 Å². The molecule has 34 heavy (non-hydrogen) atoms. The van der Waals surface area contributed by atoms with Crippen molar-refractivity contribution in [2.45, 2.75) is 13.5 Å². The predicted molar refractivity (Wildman–Crippen MR) is 138 cm³/mol. The van der Waals surface area contributed by atoms with Gasteiger partial charge >= 0.3 is 0 Å². The molecule has 1 amide bonds. The lowest BCUT2D eigenvalue weighted by atomic mass is 10.1. The second-order valence-electron chi connectivity index (χ2n) is 7.23. The van der Waals surface area contributed by atoms with Gasteiger partial charge in [0.05, 0.1) is 22.9 Å². The van der Waals surface area contributed by atoms with Gasteiger partial charge in [0, 0.05) is 6.20 Å². The van der Waals surface area contributed by atoms with Crippen molar-refractivity contribution in [1.29, 1.82) is 0 Å². The van der Waals surface area contributed by atoms with E-state index in [0.29, 0.717) is 34.7 Å². The van der Waals surface area contributed by atoms with E-state index in [2.05, 4.69) is 55.7 Å². The van der Waals surface area contributed by atoms with Gasteiger partial charge in [-0.1, -0.05) is 54.1 Å². The summed E-state index contributed by atoms with van der Waals surface area (Å²) in [5.74, 6) is 0.715. The molecule has 0 fully saturated rings. The van der Waals surface area contributed by atoms with Gasteiger partial charge in [-0.25, -0.2) is 10.4 Å². The van der Waals surface area contributed by atoms with Gasteiger partial charge in [-0.15, -0.1) is 0 Å². The Morgan fingerprint density at radius 2 is 1.94 bits per heavy atom. The SMILES string of the molecule is CCOc1cc(C=NNC(=O)c2cccnc2Cl)cc(Br)c1OCc1cccc2ccccc12. The van der Waals surface area contributed by atoms with Gasteiger partial charge in [-0.3, -0.25) is 4.79 Å². The molecule has 6 nitrogen and oxygen atoms in total. The summed E-state index contributed by atoms with van der Waals surface area (Å²) in [4.78, 5) is 16.1. The molecule has 3 aromatic carbocycles. The lowest BCUT2D eigenvalue weighted by molar-refractivity contribution is 0.0955. The van der Waals surface area contributed by atoms with E-state index >= 15 is 0 Å². The Morgan fingerprint density at radius 3 is 2.76 bits per heavy atom. The van der Waals surface area contributed by atoms with Crippen molar-refractivity contribution in [3.05, 3.63) is 99.2 Å². The summed E-state index contributed by atoms with van der Waals surface area (Å²) in [6, 6.07) is 21.2. The van der Waals surface area contributed by atoms with Crippen LogP contribution in [0.3, 0.4) is 0 Å². The minimum absolute atomic E-state index is 0.115. The maximum atomic E-state index is 12.3. The lowest BCUT2D eigenvalue weighted by Gasteiger charge is -2.15. The molecule has 0 saturated carbocycles. The molecule has 0 aliphatic carbocycles. The van der Waals surface area contributed by atoms with Crippen LogP contribution in [0, 0.1) is 0 Å². The summed E-state index contributed by atoms with van der Waals surface area (Å²) in [7, 11) is 0. The van der Waals surface area contributed by atoms with Gasteiger partial charge in [0.25, 0.3) is 5.91 Å². The highest BCUT2D eigenvalue weighted by atomic mass is 79.9. The summed E-state index contributed by atoms with van der Waals surface area (Å²) in [5, 5.41) is 6.45. The zero-order chi connectivity index (χ0) is 23.9. The second kappa shape index (κ2) is 11.1. The number of nitrogens with zero attached hydrogens (tertiary/aromatic N) is 2. The zero-order valence-electron chi connectivity index (χ0n) is 18.3. The molecular formula is C26H21BrClN3O3. The van der Waals surface area contributed by atoms with E-state index in [1.807, 2.05) is 31.2 Å². The largest absolute Gasteiger partial charge is 0.490 e. The fourth-order valence-electron chi connectivity index (χ4n) is 3.41. The number of halogens is 2. The number of hydrogen-bond donors (Lipinski definition) is 1. The van der Waals surface area contributed by atoms with Crippen molar-refractivity contribution in [2.24, 2.45) is 5.10 Å². The molecule has 1 aromatic heterocycles. The number of rotatable bonds is 8. The van der Waals surface area contributed by atoms with Gasteiger partial charge in [0.2, 0.25) is 0 Å². The number of amides is 1. The van der Waals surface area contributed by atoms with Crippen LogP contribution in [0.2, 0.25) is 5.15 Å². The molecule has 8 heteroatoms. The number of fused-ring (bicyclic) bond motifs is 1. The molecule has 172 valence electrons. The third kappa shape index (κ3) is 5.55. The summed E-state index contributed by atoms with van der Waals surface area (Å²) in [6.07, 6.45) is 3.03. The average molecular weight is 539 g/mol. The van der Waals surface area contributed by atoms with Crippen LogP contribution in [0.5, 0.6) is 11.5 Å². The molecule has 0 saturated heterocycles. The number of benzene rings is 3. The highest BCUT2D eigenvalue weighted by Crippen LogP contribution is 2.37. The molecule has 4 rings (SSSR count). The molecule has 0 bridgehead atoms. The van der Waals surface area contributed by atoms with E-state index in [-0.39, 0.29) is 10.7 Å². The average Bonchev–Trinajstić information content (AvgIpc) is 2.84. The first kappa shape index (κ1) is 23.7. The quantitative estimate of drug-likeness (QED) is 0.160. The van der Waals surface area contributed by atoms with E-state index in [9.17, 15) is 4.79 Å². The lowest BCUT2D eigenvalue weighted by Crippen LogP contribution is -2.18. The number of hydrogen-bond acceptors (Lipinski definition) is 5. The third-order valence-electron chi connectivity index (χ3n) is 4.97. The predicted octanol–water partition coefficient (Wildman–Crippen LogP) is 6.39. The molecule has 4 aromatic rings. The minimum Gasteiger partial charge on any atom is -0.490 e. The van der Waals surface area contributed by atoms with Crippen LogP contribution in [0.1, 0.15) is 28.4 Å². The standard InChI is InChI=1S/C26H21BrClN3O3/c1-2-33-23-14-17(15-30-31-26(32)21-11-6-12-29-25(21)28)13-22(27)24(23)34-16-19-9-5-8-18-7-3-4-10-20(18)19/h3-15H,2,16H2,1H3,(H,31,32). The highest BCUT2D eigenvalue weighted by molar-refractivity contribution is 9.10. The number of carbonyl (C=O) groups is 1. The Morgan fingerprint density at radius 1 is 1.12 bits per heavy atom.